The first kappa shape index (κ1) is 50.3. The monoisotopic (exact) mass is 837 g/mol. The van der Waals surface area contributed by atoms with Gasteiger partial charge in [-0.25, -0.2) is 9.78 Å². The number of ether oxygens (including phenoxy) is 4. The molecule has 0 saturated carbocycles. The number of aliphatic hydroxyl groups is 6. The molecule has 10 unspecified atom stereocenters. The first-order valence-electron chi connectivity index (χ1n) is 20.7. The van der Waals surface area contributed by atoms with Gasteiger partial charge in [-0.2, -0.15) is 0 Å². The van der Waals surface area contributed by atoms with E-state index in [1.165, 1.54) is 19.4 Å². The van der Waals surface area contributed by atoms with Gasteiger partial charge in [0.1, 0.15) is 36.4 Å². The van der Waals surface area contributed by atoms with Crippen molar-refractivity contribution in [3.63, 3.8) is 0 Å². The van der Waals surface area contributed by atoms with Crippen LogP contribution in [0.1, 0.15) is 78.8 Å². The number of aliphatic hydroxyl groups excluding tert-OH is 6. The largest absolute Gasteiger partial charge is 0.458 e. The number of fused-ring (bicyclic) bond motifs is 2. The SMILES string of the molecule is CO[C@H]1[C@H](OC2/C=C\C=C\c3coc(n3)C(C)C(O)CC(O)/C=C/C=C/C=C\C(C)C(C(C)C(O)CC(C)O)OC(=O)\C=C/C=C/C=C\C(C)=C\C2C)O[C@H](C)[C@@H](O)[C@@H]1O. The number of esters is 1. The van der Waals surface area contributed by atoms with Gasteiger partial charge >= 0.3 is 5.97 Å². The van der Waals surface area contributed by atoms with Crippen molar-refractivity contribution in [3.05, 3.63) is 121 Å². The molecule has 3 rings (SSSR count). The van der Waals surface area contributed by atoms with Gasteiger partial charge in [0.15, 0.2) is 12.2 Å². The van der Waals surface area contributed by atoms with E-state index in [1.807, 2.05) is 51.2 Å². The number of carbonyl (C=O) groups excluding carboxylic acids is 1. The Morgan fingerprint density at radius 2 is 1.45 bits per heavy atom. The number of allylic oxidation sites excluding steroid dienone is 12. The van der Waals surface area contributed by atoms with Crippen molar-refractivity contribution in [1.29, 1.82) is 0 Å². The smallest absolute Gasteiger partial charge is 0.331 e. The van der Waals surface area contributed by atoms with Gasteiger partial charge in [0.2, 0.25) is 0 Å². The number of carbonyl (C=O) groups is 1. The molecule has 3 heterocycles. The third-order valence-electron chi connectivity index (χ3n) is 10.5. The van der Waals surface area contributed by atoms with Crippen molar-refractivity contribution in [2.24, 2.45) is 17.8 Å². The van der Waals surface area contributed by atoms with Gasteiger partial charge in [-0.1, -0.05) is 124 Å². The molecule has 13 heteroatoms. The fourth-order valence-electron chi connectivity index (χ4n) is 6.83. The van der Waals surface area contributed by atoms with E-state index in [-0.39, 0.29) is 24.7 Å². The molecule has 2 aliphatic rings. The van der Waals surface area contributed by atoms with Crippen LogP contribution in [0.15, 0.2) is 113 Å². The second-order valence-corrected chi connectivity index (χ2v) is 15.8. The predicted octanol–water partition coefficient (Wildman–Crippen LogP) is 5.58. The number of hydrogen-bond acceptors (Lipinski definition) is 13. The molecule has 332 valence electrons. The van der Waals surface area contributed by atoms with E-state index in [0.717, 1.165) is 5.57 Å². The Morgan fingerprint density at radius 3 is 2.13 bits per heavy atom. The Bertz CT molecular complexity index is 1720. The predicted molar refractivity (Wildman–Crippen MR) is 230 cm³/mol. The maximum absolute atomic E-state index is 12.9. The summed E-state index contributed by atoms with van der Waals surface area (Å²) in [4.78, 5) is 17.5. The molecule has 1 aromatic heterocycles. The Labute approximate surface area is 355 Å². The van der Waals surface area contributed by atoms with E-state index in [0.29, 0.717) is 11.6 Å². The Hall–Kier alpha value is -4.02. The van der Waals surface area contributed by atoms with E-state index in [9.17, 15) is 35.4 Å². The zero-order valence-corrected chi connectivity index (χ0v) is 36.0. The summed E-state index contributed by atoms with van der Waals surface area (Å²) < 4.78 is 29.3. The molecule has 2 bridgehead atoms. The zero-order chi connectivity index (χ0) is 44.4. The normalized spacial score (nSPS) is 38.6. The van der Waals surface area contributed by atoms with E-state index >= 15 is 0 Å². The molecule has 6 N–H and O–H groups in total. The number of nitrogens with zero attached hydrogens (tertiary/aromatic N) is 1. The van der Waals surface area contributed by atoms with E-state index in [1.54, 1.807) is 94.5 Å². The first-order valence-corrected chi connectivity index (χ1v) is 20.7. The molecule has 1 aromatic rings. The molecule has 13 nitrogen and oxygen atoms in total. The minimum absolute atomic E-state index is 0.0469. The average molecular weight is 838 g/mol. The van der Waals surface area contributed by atoms with Gasteiger partial charge in [0, 0.05) is 37.4 Å². The van der Waals surface area contributed by atoms with Crippen LogP contribution in [0.25, 0.3) is 6.08 Å². The molecular formula is C47H67NO12. The highest BCUT2D eigenvalue weighted by Gasteiger charge is 2.44. The van der Waals surface area contributed by atoms with Crippen molar-refractivity contribution in [3.8, 4) is 0 Å². The number of oxazole rings is 1. The van der Waals surface area contributed by atoms with Gasteiger partial charge in [-0.15, -0.1) is 0 Å². The van der Waals surface area contributed by atoms with Crippen molar-refractivity contribution in [2.45, 2.75) is 135 Å². The fraction of sp³-hybridized carbons (Fsp3) is 0.532. The highest BCUT2D eigenvalue weighted by Crippen LogP contribution is 2.28. The highest BCUT2D eigenvalue weighted by molar-refractivity contribution is 5.82. The Balaban J connectivity index is 1.93. The summed E-state index contributed by atoms with van der Waals surface area (Å²) in [5, 5.41) is 63.3. The van der Waals surface area contributed by atoms with Crippen molar-refractivity contribution in [2.75, 3.05) is 7.11 Å². The summed E-state index contributed by atoms with van der Waals surface area (Å²) in [5.41, 5.74) is 1.44. The molecular weight excluding hydrogens is 771 g/mol. The molecule has 0 spiro atoms. The first-order chi connectivity index (χ1) is 28.5. The van der Waals surface area contributed by atoms with Crippen LogP contribution in [-0.4, -0.2) is 116 Å². The van der Waals surface area contributed by atoms with Gasteiger partial charge in [-0.3, -0.25) is 0 Å². The van der Waals surface area contributed by atoms with Crippen molar-refractivity contribution < 1.29 is 58.8 Å². The Morgan fingerprint density at radius 1 is 0.817 bits per heavy atom. The van der Waals surface area contributed by atoms with Crippen LogP contribution in [0.5, 0.6) is 0 Å². The molecule has 15 atom stereocenters. The second-order valence-electron chi connectivity index (χ2n) is 15.8. The van der Waals surface area contributed by atoms with Gasteiger partial charge < -0.3 is 54.0 Å². The van der Waals surface area contributed by atoms with E-state index in [4.69, 9.17) is 23.4 Å². The summed E-state index contributed by atoms with van der Waals surface area (Å²) >= 11 is 0. The van der Waals surface area contributed by atoms with E-state index in [2.05, 4.69) is 4.98 Å². The molecule has 2 aliphatic heterocycles. The van der Waals surface area contributed by atoms with Gasteiger partial charge in [0.05, 0.1) is 42.5 Å². The van der Waals surface area contributed by atoms with Crippen LogP contribution in [0.4, 0.5) is 0 Å². The minimum atomic E-state index is -1.22. The Kier molecular flexibility index (Phi) is 21.5. The van der Waals surface area contributed by atoms with Crippen LogP contribution < -0.4 is 0 Å². The average Bonchev–Trinajstić information content (AvgIpc) is 3.67. The quantitative estimate of drug-likeness (QED) is 0.186. The van der Waals surface area contributed by atoms with Crippen LogP contribution in [0.2, 0.25) is 0 Å². The number of rotatable bonds is 7. The molecule has 0 radical (unpaired) electrons. The minimum Gasteiger partial charge on any atom is -0.458 e. The maximum Gasteiger partial charge on any atom is 0.331 e. The third-order valence-corrected chi connectivity index (χ3v) is 10.5. The molecule has 60 heavy (non-hydrogen) atoms. The summed E-state index contributed by atoms with van der Waals surface area (Å²) in [6, 6.07) is 0. The zero-order valence-electron chi connectivity index (χ0n) is 36.0. The lowest BCUT2D eigenvalue weighted by atomic mass is 9.86. The lowest BCUT2D eigenvalue weighted by Gasteiger charge is -2.42. The lowest BCUT2D eigenvalue weighted by molar-refractivity contribution is -0.306. The van der Waals surface area contributed by atoms with Crippen molar-refractivity contribution >= 4 is 12.0 Å². The standard InChI is InChI=1S/C47H67NO12/c1-29-19-13-9-12-16-24-41(53)60-44(33(5)38(51)26-32(4)49)30(2)20-14-10-11-15-22-37(50)27-39(52)34(6)46-48-36(28-57-46)21-17-18-23-40(31(3)25-29)59-47-45(56-8)43(55)42(54)35(7)58-47/h9-25,28,30-35,37-40,42-45,47,49-52,54-55H,26-27H2,1-8H3/b11-10+,12-9+,19-13-,20-14-,21-17+,22-15+,23-18-,24-16-,29-25+/t30?,31?,32?,33?,34?,35-,37?,38?,39?,40?,42-,43+,44?,45-,47+/m1/s1. The summed E-state index contributed by atoms with van der Waals surface area (Å²) in [5.74, 6) is -1.77. The molecule has 0 aliphatic carbocycles. The number of methoxy groups -OCH3 is 1. The summed E-state index contributed by atoms with van der Waals surface area (Å²) in [7, 11) is 1.42. The number of cyclic esters (lactones) is 1. The fourth-order valence-corrected chi connectivity index (χ4v) is 6.83. The number of hydrogen-bond donors (Lipinski definition) is 6. The second kappa shape index (κ2) is 25.7. The summed E-state index contributed by atoms with van der Waals surface area (Å²) in [6.07, 6.45) is 21.4. The van der Waals surface area contributed by atoms with Crippen LogP contribution in [-0.2, 0) is 23.7 Å². The molecule has 0 amide bonds. The van der Waals surface area contributed by atoms with Gasteiger partial charge in [-0.05, 0) is 33.3 Å². The van der Waals surface area contributed by atoms with Crippen LogP contribution in [0.3, 0.4) is 0 Å². The van der Waals surface area contributed by atoms with Crippen LogP contribution >= 0.6 is 0 Å². The highest BCUT2D eigenvalue weighted by atomic mass is 16.7. The lowest BCUT2D eigenvalue weighted by Crippen LogP contribution is -2.58. The van der Waals surface area contributed by atoms with E-state index < -0.39 is 85.1 Å². The maximum atomic E-state index is 12.9. The van der Waals surface area contributed by atoms with Crippen LogP contribution in [0, 0.1) is 17.8 Å². The number of aromatic nitrogens is 1. The molecule has 0 aromatic carbocycles. The summed E-state index contributed by atoms with van der Waals surface area (Å²) in [6.45, 7) is 12.6. The molecule has 1 fully saturated rings. The topological polar surface area (TPSA) is 201 Å². The third kappa shape index (κ3) is 16.4. The van der Waals surface area contributed by atoms with Gasteiger partial charge in [0.25, 0.3) is 0 Å². The van der Waals surface area contributed by atoms with Crippen molar-refractivity contribution in [1.82, 2.24) is 4.98 Å². The molecule has 1 saturated heterocycles.